The van der Waals surface area contributed by atoms with Crippen molar-refractivity contribution >= 4 is 5.78 Å². The molecule has 2 heterocycles. The summed E-state index contributed by atoms with van der Waals surface area (Å²) in [5, 5.41) is 0. The molecule has 0 radical (unpaired) electrons. The van der Waals surface area contributed by atoms with Gasteiger partial charge in [-0.2, -0.15) is 0 Å². The summed E-state index contributed by atoms with van der Waals surface area (Å²) >= 11 is 0. The van der Waals surface area contributed by atoms with Gasteiger partial charge in [0.05, 0.1) is 12.0 Å². The molecule has 0 aromatic rings. The maximum Gasteiger partial charge on any atom is 0.195 e. The smallest absolute Gasteiger partial charge is 0.195 e. The molecule has 0 N–H and O–H groups in total. The van der Waals surface area contributed by atoms with Crippen molar-refractivity contribution in [3.63, 3.8) is 0 Å². The number of methoxy groups -OCH3 is 1. The van der Waals surface area contributed by atoms with E-state index in [4.69, 9.17) is 9.47 Å². The van der Waals surface area contributed by atoms with Gasteiger partial charge in [0, 0.05) is 13.5 Å². The number of ether oxygens (including phenoxy) is 2. The zero-order valence-electron chi connectivity index (χ0n) is 7.29. The highest BCUT2D eigenvalue weighted by atomic mass is 16.7. The second-order valence-electron chi connectivity index (χ2n) is 3.66. The maximum absolute atomic E-state index is 11.3. The first-order chi connectivity index (χ1) is 5.58. The van der Waals surface area contributed by atoms with Gasteiger partial charge in [-0.15, -0.1) is 0 Å². The fourth-order valence-electron chi connectivity index (χ4n) is 1.87. The molecule has 0 saturated carbocycles. The van der Waals surface area contributed by atoms with E-state index in [-0.39, 0.29) is 5.78 Å². The lowest BCUT2D eigenvalue weighted by Gasteiger charge is -2.36. The van der Waals surface area contributed by atoms with E-state index in [0.29, 0.717) is 12.8 Å². The van der Waals surface area contributed by atoms with Crippen LogP contribution < -0.4 is 0 Å². The molecule has 2 bridgehead atoms. The Morgan fingerprint density at radius 2 is 2.25 bits per heavy atom. The predicted octanol–water partition coefficient (Wildman–Crippen LogP) is 1.04. The lowest BCUT2D eigenvalue weighted by atomic mass is 9.96. The fraction of sp³-hybridized carbons (Fsp3) is 0.667. The minimum atomic E-state index is -0.760. The first-order valence-corrected chi connectivity index (χ1v) is 4.05. The van der Waals surface area contributed by atoms with Gasteiger partial charge >= 0.3 is 0 Å². The van der Waals surface area contributed by atoms with Crippen LogP contribution in [-0.4, -0.2) is 24.3 Å². The van der Waals surface area contributed by atoms with E-state index in [1.165, 1.54) is 0 Å². The molecule has 2 aliphatic heterocycles. The van der Waals surface area contributed by atoms with Crippen LogP contribution >= 0.6 is 0 Å². The number of hydrogen-bond acceptors (Lipinski definition) is 3. The van der Waals surface area contributed by atoms with Crippen molar-refractivity contribution < 1.29 is 14.3 Å². The number of hydrogen-bond donors (Lipinski definition) is 0. The Balaban J connectivity index is 2.32. The van der Waals surface area contributed by atoms with Crippen LogP contribution in [0.4, 0.5) is 0 Å². The highest BCUT2D eigenvalue weighted by Gasteiger charge is 2.49. The van der Waals surface area contributed by atoms with E-state index in [0.717, 1.165) is 0 Å². The quantitative estimate of drug-likeness (QED) is 0.549. The third-order valence-electron chi connectivity index (χ3n) is 2.43. The minimum absolute atomic E-state index is 0.204. The number of carbonyl (C=O) groups excluding carboxylic acids is 1. The highest BCUT2D eigenvalue weighted by molar-refractivity contribution is 5.82. The molecule has 0 amide bonds. The number of rotatable bonds is 1. The van der Waals surface area contributed by atoms with Gasteiger partial charge in [-0.1, -0.05) is 6.08 Å². The van der Waals surface area contributed by atoms with Crippen LogP contribution in [0.2, 0.25) is 0 Å². The summed E-state index contributed by atoms with van der Waals surface area (Å²) in [6.45, 7) is 1.90. The van der Waals surface area contributed by atoms with Crippen LogP contribution in [-0.2, 0) is 14.3 Å². The van der Waals surface area contributed by atoms with Gasteiger partial charge in [-0.05, 0) is 13.0 Å². The topological polar surface area (TPSA) is 35.5 Å². The summed E-state index contributed by atoms with van der Waals surface area (Å²) in [4.78, 5) is 11.3. The van der Waals surface area contributed by atoms with Crippen LogP contribution in [0.3, 0.4) is 0 Å². The minimum Gasteiger partial charge on any atom is -0.349 e. The Bertz CT molecular complexity index is 258. The summed E-state index contributed by atoms with van der Waals surface area (Å²) in [6, 6.07) is 0. The Hall–Kier alpha value is -0.670. The van der Waals surface area contributed by atoms with Gasteiger partial charge in [0.2, 0.25) is 0 Å². The first-order valence-electron chi connectivity index (χ1n) is 4.05. The van der Waals surface area contributed by atoms with Crippen LogP contribution in [0.5, 0.6) is 0 Å². The second-order valence-corrected chi connectivity index (χ2v) is 3.66. The Kier molecular flexibility index (Phi) is 1.44. The van der Waals surface area contributed by atoms with Crippen LogP contribution in [0, 0.1) is 0 Å². The number of ketones is 1. The molecule has 2 aliphatic rings. The van der Waals surface area contributed by atoms with Gasteiger partial charge in [-0.3, -0.25) is 4.79 Å². The average Bonchev–Trinajstić information content (AvgIpc) is 2.23. The lowest BCUT2D eigenvalue weighted by Crippen LogP contribution is -2.44. The van der Waals surface area contributed by atoms with Crippen molar-refractivity contribution in [3.8, 4) is 0 Å². The van der Waals surface area contributed by atoms with Crippen molar-refractivity contribution in [1.82, 2.24) is 0 Å². The first kappa shape index (κ1) is 7.95. The maximum atomic E-state index is 11.3. The molecule has 2 unspecified atom stereocenters. The van der Waals surface area contributed by atoms with E-state index in [1.807, 2.05) is 19.1 Å². The van der Waals surface area contributed by atoms with E-state index in [1.54, 1.807) is 7.11 Å². The van der Waals surface area contributed by atoms with Crippen LogP contribution in [0.1, 0.15) is 19.8 Å². The zero-order chi connectivity index (χ0) is 8.82. The summed E-state index contributed by atoms with van der Waals surface area (Å²) in [5.74, 6) is -0.556. The van der Waals surface area contributed by atoms with Crippen molar-refractivity contribution in [2.45, 2.75) is 31.2 Å². The number of carbonyl (C=O) groups is 1. The Morgan fingerprint density at radius 1 is 1.50 bits per heavy atom. The molecular formula is C9H12O3. The summed E-state index contributed by atoms with van der Waals surface area (Å²) in [6.07, 6.45) is 4.57. The molecule has 66 valence electrons. The molecule has 2 rings (SSSR count). The highest BCUT2D eigenvalue weighted by Crippen LogP contribution is 2.41. The molecule has 0 spiro atoms. The molecule has 12 heavy (non-hydrogen) atoms. The van der Waals surface area contributed by atoms with Crippen molar-refractivity contribution in [2.75, 3.05) is 7.11 Å². The molecule has 0 aliphatic carbocycles. The van der Waals surface area contributed by atoms with Gasteiger partial charge in [0.25, 0.3) is 0 Å². The Labute approximate surface area is 71.3 Å². The van der Waals surface area contributed by atoms with Gasteiger partial charge in [0.1, 0.15) is 5.78 Å². The van der Waals surface area contributed by atoms with Crippen molar-refractivity contribution in [2.24, 2.45) is 0 Å². The third kappa shape index (κ3) is 1.01. The van der Waals surface area contributed by atoms with Gasteiger partial charge in [0.15, 0.2) is 5.79 Å². The van der Waals surface area contributed by atoms with E-state index in [9.17, 15) is 4.79 Å². The molecule has 3 heteroatoms. The van der Waals surface area contributed by atoms with E-state index >= 15 is 0 Å². The molecular weight excluding hydrogens is 156 g/mol. The fourth-order valence-corrected chi connectivity index (χ4v) is 1.87. The number of fused-ring (bicyclic) bond motifs is 2. The average molecular weight is 168 g/mol. The largest absolute Gasteiger partial charge is 0.349 e. The zero-order valence-corrected chi connectivity index (χ0v) is 7.29. The van der Waals surface area contributed by atoms with Crippen molar-refractivity contribution in [1.29, 1.82) is 0 Å². The molecule has 1 fully saturated rings. The standard InChI is InChI=1S/C9H12O3/c1-8-3-4-9(11-2,12-8)6-7(10)5-8/h3-4H,5-6H2,1-2H3. The molecule has 0 aromatic carbocycles. The summed E-state index contributed by atoms with van der Waals surface area (Å²) in [5.41, 5.74) is -0.425. The summed E-state index contributed by atoms with van der Waals surface area (Å²) in [7, 11) is 1.56. The van der Waals surface area contributed by atoms with E-state index in [2.05, 4.69) is 0 Å². The third-order valence-corrected chi connectivity index (χ3v) is 2.43. The van der Waals surface area contributed by atoms with E-state index < -0.39 is 11.4 Å². The summed E-state index contributed by atoms with van der Waals surface area (Å²) < 4.78 is 10.8. The SMILES string of the molecule is COC12C=CC(C)(CC(=O)C1)O2. The molecule has 3 nitrogen and oxygen atoms in total. The normalized spacial score (nSPS) is 45.3. The van der Waals surface area contributed by atoms with Crippen LogP contribution in [0.25, 0.3) is 0 Å². The van der Waals surface area contributed by atoms with Gasteiger partial charge < -0.3 is 9.47 Å². The molecule has 2 atom stereocenters. The Morgan fingerprint density at radius 3 is 2.92 bits per heavy atom. The molecule has 0 aromatic heterocycles. The monoisotopic (exact) mass is 168 g/mol. The number of Topliss-reactive ketones (excluding diaryl/α,β-unsaturated/α-hetero) is 1. The van der Waals surface area contributed by atoms with Crippen LogP contribution in [0.15, 0.2) is 12.2 Å². The lowest BCUT2D eigenvalue weighted by molar-refractivity contribution is -0.235. The van der Waals surface area contributed by atoms with Crippen molar-refractivity contribution in [3.05, 3.63) is 12.2 Å². The van der Waals surface area contributed by atoms with Gasteiger partial charge in [-0.25, -0.2) is 0 Å². The second kappa shape index (κ2) is 2.18. The molecule has 1 saturated heterocycles. The predicted molar refractivity (Wildman–Crippen MR) is 42.6 cm³/mol.